The number of methoxy groups -OCH3 is 1. The standard InChI is InChI=1S/C19H22ClN5O3/c1-28-14-8-13(9-14)22-19(27)24-5-6-25-15(10-24)16(18(21)26)17(23-25)11-3-2-4-12(20)7-11/h2-4,7,13-14H,5-6,8-10H2,1H3,(H2,21,26)(H,22,27). The van der Waals surface area contributed by atoms with Crippen molar-refractivity contribution in [2.24, 2.45) is 5.73 Å². The largest absolute Gasteiger partial charge is 0.381 e. The first-order chi connectivity index (χ1) is 13.5. The van der Waals surface area contributed by atoms with E-state index in [4.69, 9.17) is 22.1 Å². The number of ether oxygens (including phenoxy) is 1. The Morgan fingerprint density at radius 3 is 2.79 bits per heavy atom. The second-order valence-corrected chi connectivity index (χ2v) is 7.60. The van der Waals surface area contributed by atoms with Gasteiger partial charge in [0.15, 0.2) is 0 Å². The molecule has 3 N–H and O–H groups in total. The fourth-order valence-electron chi connectivity index (χ4n) is 3.73. The minimum Gasteiger partial charge on any atom is -0.381 e. The summed E-state index contributed by atoms with van der Waals surface area (Å²) in [5, 5.41) is 8.14. The Labute approximate surface area is 167 Å². The predicted octanol–water partition coefficient (Wildman–Crippen LogP) is 2.00. The van der Waals surface area contributed by atoms with E-state index in [2.05, 4.69) is 10.4 Å². The first-order valence-corrected chi connectivity index (χ1v) is 9.57. The van der Waals surface area contributed by atoms with Gasteiger partial charge in [-0.05, 0) is 25.0 Å². The van der Waals surface area contributed by atoms with E-state index in [-0.39, 0.29) is 24.7 Å². The number of fused-ring (bicyclic) bond motifs is 1. The molecule has 0 spiro atoms. The van der Waals surface area contributed by atoms with Gasteiger partial charge < -0.3 is 20.7 Å². The summed E-state index contributed by atoms with van der Waals surface area (Å²) in [6.45, 7) is 1.28. The summed E-state index contributed by atoms with van der Waals surface area (Å²) >= 11 is 6.09. The summed E-state index contributed by atoms with van der Waals surface area (Å²) in [6, 6.07) is 7.11. The van der Waals surface area contributed by atoms with E-state index >= 15 is 0 Å². The van der Waals surface area contributed by atoms with Crippen molar-refractivity contribution in [2.45, 2.75) is 38.1 Å². The van der Waals surface area contributed by atoms with E-state index in [1.54, 1.807) is 34.9 Å². The fraction of sp³-hybridized carbons (Fsp3) is 0.421. The van der Waals surface area contributed by atoms with Crippen molar-refractivity contribution in [2.75, 3.05) is 13.7 Å². The number of carbonyl (C=O) groups excluding carboxylic acids is 2. The molecular weight excluding hydrogens is 382 g/mol. The molecule has 0 saturated heterocycles. The molecule has 4 rings (SSSR count). The lowest BCUT2D eigenvalue weighted by molar-refractivity contribution is 0.0187. The van der Waals surface area contributed by atoms with E-state index in [0.29, 0.717) is 35.1 Å². The van der Waals surface area contributed by atoms with Crippen LogP contribution in [0.3, 0.4) is 0 Å². The van der Waals surface area contributed by atoms with Gasteiger partial charge in [-0.3, -0.25) is 9.48 Å². The molecule has 9 heteroatoms. The highest BCUT2D eigenvalue weighted by Gasteiger charge is 2.34. The van der Waals surface area contributed by atoms with Crippen LogP contribution in [-0.4, -0.2) is 52.4 Å². The lowest BCUT2D eigenvalue weighted by Gasteiger charge is -2.37. The molecule has 1 fully saturated rings. The van der Waals surface area contributed by atoms with Gasteiger partial charge in [0.25, 0.3) is 5.91 Å². The number of benzene rings is 1. The Kier molecular flexibility index (Phi) is 4.99. The molecule has 0 bridgehead atoms. The van der Waals surface area contributed by atoms with Gasteiger partial charge in [-0.25, -0.2) is 4.79 Å². The number of rotatable bonds is 4. The average molecular weight is 404 g/mol. The van der Waals surface area contributed by atoms with Gasteiger partial charge >= 0.3 is 6.03 Å². The highest BCUT2D eigenvalue weighted by molar-refractivity contribution is 6.30. The van der Waals surface area contributed by atoms with Gasteiger partial charge in [0.05, 0.1) is 30.5 Å². The predicted molar refractivity (Wildman–Crippen MR) is 104 cm³/mol. The van der Waals surface area contributed by atoms with Crippen molar-refractivity contribution in [3.05, 3.63) is 40.5 Å². The van der Waals surface area contributed by atoms with E-state index in [1.807, 2.05) is 6.07 Å². The fourth-order valence-corrected chi connectivity index (χ4v) is 3.92. The molecule has 28 heavy (non-hydrogen) atoms. The van der Waals surface area contributed by atoms with Crippen molar-refractivity contribution in [3.63, 3.8) is 0 Å². The maximum absolute atomic E-state index is 12.6. The summed E-state index contributed by atoms with van der Waals surface area (Å²) in [6.07, 6.45) is 1.86. The van der Waals surface area contributed by atoms with Crippen molar-refractivity contribution < 1.29 is 14.3 Å². The molecule has 2 heterocycles. The maximum Gasteiger partial charge on any atom is 0.318 e. The Hall–Kier alpha value is -2.58. The van der Waals surface area contributed by atoms with Gasteiger partial charge in [0.2, 0.25) is 0 Å². The van der Waals surface area contributed by atoms with E-state index in [9.17, 15) is 9.59 Å². The third-order valence-electron chi connectivity index (χ3n) is 5.37. The number of nitrogens with two attached hydrogens (primary N) is 1. The summed E-state index contributed by atoms with van der Waals surface area (Å²) < 4.78 is 7.00. The number of halogens is 1. The van der Waals surface area contributed by atoms with Crippen LogP contribution in [-0.2, 0) is 17.8 Å². The lowest BCUT2D eigenvalue weighted by Crippen LogP contribution is -2.53. The number of hydrogen-bond acceptors (Lipinski definition) is 4. The highest BCUT2D eigenvalue weighted by Crippen LogP contribution is 2.30. The van der Waals surface area contributed by atoms with Gasteiger partial charge in [-0.15, -0.1) is 0 Å². The van der Waals surface area contributed by atoms with Crippen LogP contribution in [0.4, 0.5) is 4.79 Å². The number of amides is 3. The summed E-state index contributed by atoms with van der Waals surface area (Å²) in [7, 11) is 1.68. The second kappa shape index (κ2) is 7.44. The van der Waals surface area contributed by atoms with E-state index in [0.717, 1.165) is 18.4 Å². The molecular formula is C19H22ClN5O3. The number of nitrogens with one attached hydrogen (secondary N) is 1. The molecule has 1 saturated carbocycles. The molecule has 148 valence electrons. The summed E-state index contributed by atoms with van der Waals surface area (Å²) in [4.78, 5) is 26.5. The van der Waals surface area contributed by atoms with Crippen LogP contribution in [0.1, 0.15) is 28.9 Å². The minimum atomic E-state index is -0.569. The molecule has 0 unspecified atom stereocenters. The Morgan fingerprint density at radius 2 is 2.11 bits per heavy atom. The van der Waals surface area contributed by atoms with Crippen molar-refractivity contribution in [1.82, 2.24) is 20.0 Å². The van der Waals surface area contributed by atoms with Gasteiger partial charge in [-0.1, -0.05) is 23.7 Å². The number of primary amides is 1. The van der Waals surface area contributed by atoms with E-state index in [1.165, 1.54) is 0 Å². The topological polar surface area (TPSA) is 102 Å². The molecule has 3 amide bonds. The van der Waals surface area contributed by atoms with Crippen LogP contribution in [0.2, 0.25) is 5.02 Å². The quantitative estimate of drug-likeness (QED) is 0.814. The lowest BCUT2D eigenvalue weighted by atomic mass is 9.89. The van der Waals surface area contributed by atoms with Crippen LogP contribution in [0.5, 0.6) is 0 Å². The molecule has 2 aliphatic rings. The third-order valence-corrected chi connectivity index (χ3v) is 5.60. The molecule has 0 radical (unpaired) electrons. The highest BCUT2D eigenvalue weighted by atomic mass is 35.5. The number of aromatic nitrogens is 2. The zero-order chi connectivity index (χ0) is 19.8. The van der Waals surface area contributed by atoms with Gasteiger partial charge in [0, 0.05) is 30.3 Å². The first-order valence-electron chi connectivity index (χ1n) is 9.20. The van der Waals surface area contributed by atoms with Gasteiger partial charge in [-0.2, -0.15) is 5.10 Å². The summed E-state index contributed by atoms with van der Waals surface area (Å²) in [5.41, 5.74) is 7.86. The molecule has 8 nitrogen and oxygen atoms in total. The number of carbonyl (C=O) groups is 2. The zero-order valence-electron chi connectivity index (χ0n) is 15.5. The monoisotopic (exact) mass is 403 g/mol. The minimum absolute atomic E-state index is 0.127. The normalized spacial score (nSPS) is 21.0. The van der Waals surface area contributed by atoms with Crippen LogP contribution >= 0.6 is 11.6 Å². The SMILES string of the molecule is COC1CC(NC(=O)N2CCn3nc(-c4cccc(Cl)c4)c(C(N)=O)c3C2)C1. The molecule has 2 aromatic rings. The summed E-state index contributed by atoms with van der Waals surface area (Å²) in [5.74, 6) is -0.569. The molecule has 1 aromatic carbocycles. The Morgan fingerprint density at radius 1 is 1.32 bits per heavy atom. The molecule has 1 aliphatic heterocycles. The van der Waals surface area contributed by atoms with Crippen LogP contribution in [0.25, 0.3) is 11.3 Å². The Balaban J connectivity index is 1.56. The van der Waals surface area contributed by atoms with Crippen LogP contribution in [0.15, 0.2) is 24.3 Å². The smallest absolute Gasteiger partial charge is 0.318 e. The molecule has 1 aliphatic carbocycles. The van der Waals surface area contributed by atoms with Crippen molar-refractivity contribution >= 4 is 23.5 Å². The zero-order valence-corrected chi connectivity index (χ0v) is 16.3. The second-order valence-electron chi connectivity index (χ2n) is 7.17. The average Bonchev–Trinajstić information content (AvgIpc) is 3.03. The molecule has 1 aromatic heterocycles. The molecule has 0 atom stereocenters. The first kappa shape index (κ1) is 18.8. The van der Waals surface area contributed by atoms with Crippen molar-refractivity contribution in [1.29, 1.82) is 0 Å². The Bertz CT molecular complexity index is 922. The van der Waals surface area contributed by atoms with Gasteiger partial charge in [0.1, 0.15) is 5.69 Å². The van der Waals surface area contributed by atoms with E-state index < -0.39 is 5.91 Å². The van der Waals surface area contributed by atoms with Crippen LogP contribution < -0.4 is 11.1 Å². The number of nitrogens with zero attached hydrogens (tertiary/aromatic N) is 3. The third kappa shape index (κ3) is 3.45. The van der Waals surface area contributed by atoms with Crippen LogP contribution in [0, 0.1) is 0 Å². The van der Waals surface area contributed by atoms with Crippen molar-refractivity contribution in [3.8, 4) is 11.3 Å². The maximum atomic E-state index is 12.6. The number of urea groups is 1. The number of hydrogen-bond donors (Lipinski definition) is 2.